The van der Waals surface area contributed by atoms with Gasteiger partial charge in [-0.1, -0.05) is 66.7 Å². The fourth-order valence-electron chi connectivity index (χ4n) is 5.67. The topological polar surface area (TPSA) is 47.8 Å². The van der Waals surface area contributed by atoms with E-state index in [4.69, 9.17) is 10.1 Å². The molecule has 0 bridgehead atoms. The van der Waals surface area contributed by atoms with Crippen LogP contribution in [0.25, 0.3) is 49.4 Å². The standard InChI is InChI=1S/C31H23N3O/c1-19-27-30(28-23-14-7-5-10-20(23)18-21-11-6-8-15-24(21)28)29-25(16-9-17-26(29)35)32-31(27)34(33-19)22-12-3-2-4-13-22/h2-8,10-15,18H,9,16-17H2,1H3. The van der Waals surface area contributed by atoms with Crippen molar-refractivity contribution in [2.45, 2.75) is 26.2 Å². The number of hydrogen-bond acceptors (Lipinski definition) is 3. The largest absolute Gasteiger partial charge is 0.294 e. The van der Waals surface area contributed by atoms with Gasteiger partial charge in [-0.2, -0.15) is 5.10 Å². The molecule has 0 N–H and O–H groups in total. The number of carbonyl (C=O) groups excluding carboxylic acids is 1. The van der Waals surface area contributed by atoms with Crippen molar-refractivity contribution in [1.82, 2.24) is 14.8 Å². The molecule has 1 aliphatic rings. The van der Waals surface area contributed by atoms with Crippen molar-refractivity contribution in [1.29, 1.82) is 0 Å². The molecule has 0 radical (unpaired) electrons. The minimum absolute atomic E-state index is 0.180. The molecule has 2 aromatic heterocycles. The first kappa shape index (κ1) is 20.1. The lowest BCUT2D eigenvalue weighted by Gasteiger charge is -2.21. The molecule has 35 heavy (non-hydrogen) atoms. The van der Waals surface area contributed by atoms with Gasteiger partial charge in [0, 0.05) is 17.5 Å². The molecule has 0 amide bonds. The predicted octanol–water partition coefficient (Wildman–Crippen LogP) is 7.22. The molecule has 6 aromatic rings. The summed E-state index contributed by atoms with van der Waals surface area (Å²) >= 11 is 0. The van der Waals surface area contributed by atoms with E-state index in [9.17, 15) is 4.79 Å². The molecule has 0 fully saturated rings. The van der Waals surface area contributed by atoms with Crippen molar-refractivity contribution >= 4 is 38.4 Å². The highest BCUT2D eigenvalue weighted by molar-refractivity contribution is 6.21. The van der Waals surface area contributed by atoms with Crippen LogP contribution in [0.3, 0.4) is 0 Å². The van der Waals surface area contributed by atoms with Gasteiger partial charge < -0.3 is 0 Å². The maximum absolute atomic E-state index is 13.5. The monoisotopic (exact) mass is 453 g/mol. The molecule has 0 atom stereocenters. The number of nitrogens with zero attached hydrogens (tertiary/aromatic N) is 3. The number of aromatic nitrogens is 3. The summed E-state index contributed by atoms with van der Waals surface area (Å²) in [6, 6.07) is 29.3. The van der Waals surface area contributed by atoms with Crippen LogP contribution in [0.15, 0.2) is 84.9 Å². The molecule has 0 saturated heterocycles. The van der Waals surface area contributed by atoms with E-state index in [-0.39, 0.29) is 5.78 Å². The van der Waals surface area contributed by atoms with Crippen LogP contribution in [-0.2, 0) is 6.42 Å². The number of benzene rings is 4. The molecular formula is C31H23N3O. The van der Waals surface area contributed by atoms with E-state index in [1.54, 1.807) is 0 Å². The number of para-hydroxylation sites is 1. The molecule has 168 valence electrons. The van der Waals surface area contributed by atoms with E-state index in [1.807, 2.05) is 41.9 Å². The number of Topliss-reactive ketones (excluding diaryl/α,β-unsaturated/α-hetero) is 1. The Balaban J connectivity index is 1.72. The molecular weight excluding hydrogens is 430 g/mol. The Kier molecular flexibility index (Phi) is 4.37. The van der Waals surface area contributed by atoms with Crippen molar-refractivity contribution in [2.75, 3.05) is 0 Å². The molecule has 1 aliphatic carbocycles. The maximum atomic E-state index is 13.5. The predicted molar refractivity (Wildman–Crippen MR) is 141 cm³/mol. The van der Waals surface area contributed by atoms with Gasteiger partial charge in [0.1, 0.15) is 0 Å². The van der Waals surface area contributed by atoms with Crippen LogP contribution in [0.5, 0.6) is 0 Å². The lowest BCUT2D eigenvalue weighted by molar-refractivity contribution is 0.0972. The zero-order valence-electron chi connectivity index (χ0n) is 19.5. The maximum Gasteiger partial charge on any atom is 0.165 e. The second-order valence-electron chi connectivity index (χ2n) is 9.31. The quantitative estimate of drug-likeness (QED) is 0.260. The van der Waals surface area contributed by atoms with Crippen LogP contribution in [0.4, 0.5) is 0 Å². The van der Waals surface area contributed by atoms with Gasteiger partial charge >= 0.3 is 0 Å². The van der Waals surface area contributed by atoms with Gasteiger partial charge in [0.25, 0.3) is 0 Å². The number of aryl methyl sites for hydroxylation is 2. The fraction of sp³-hybridized carbons (Fsp3) is 0.129. The molecule has 4 heteroatoms. The second-order valence-corrected chi connectivity index (χ2v) is 9.31. The van der Waals surface area contributed by atoms with Crippen LogP contribution in [0.1, 0.15) is 34.6 Å². The van der Waals surface area contributed by atoms with Crippen LogP contribution in [0, 0.1) is 6.92 Å². The summed E-state index contributed by atoms with van der Waals surface area (Å²) in [5.74, 6) is 0.180. The molecule has 4 nitrogen and oxygen atoms in total. The van der Waals surface area contributed by atoms with Crippen LogP contribution in [0.2, 0.25) is 0 Å². The Bertz CT molecular complexity index is 1740. The Labute approximate surface area is 202 Å². The first-order chi connectivity index (χ1) is 17.2. The summed E-state index contributed by atoms with van der Waals surface area (Å²) in [4.78, 5) is 18.6. The number of rotatable bonds is 2. The van der Waals surface area contributed by atoms with E-state index in [0.717, 1.165) is 79.2 Å². The zero-order valence-corrected chi connectivity index (χ0v) is 19.5. The Morgan fingerprint density at radius 1 is 0.743 bits per heavy atom. The molecule has 4 aromatic carbocycles. The minimum atomic E-state index is 0.180. The molecule has 0 spiro atoms. The van der Waals surface area contributed by atoms with Gasteiger partial charge in [0.2, 0.25) is 0 Å². The van der Waals surface area contributed by atoms with Crippen molar-refractivity contribution in [3.8, 4) is 16.8 Å². The van der Waals surface area contributed by atoms with Crippen molar-refractivity contribution < 1.29 is 4.79 Å². The van der Waals surface area contributed by atoms with E-state index in [0.29, 0.717) is 6.42 Å². The van der Waals surface area contributed by atoms with Gasteiger partial charge in [-0.05, 0) is 65.1 Å². The van der Waals surface area contributed by atoms with Crippen LogP contribution >= 0.6 is 0 Å². The third-order valence-corrected chi connectivity index (χ3v) is 7.18. The average Bonchev–Trinajstić information content (AvgIpc) is 3.23. The highest BCUT2D eigenvalue weighted by Crippen LogP contribution is 2.44. The highest BCUT2D eigenvalue weighted by Gasteiger charge is 2.30. The number of carbonyl (C=O) groups is 1. The second kappa shape index (κ2) is 7.60. The van der Waals surface area contributed by atoms with E-state index in [1.165, 1.54) is 0 Å². The summed E-state index contributed by atoms with van der Waals surface area (Å²) in [5.41, 5.74) is 6.42. The lowest BCUT2D eigenvalue weighted by atomic mass is 9.83. The van der Waals surface area contributed by atoms with Crippen LogP contribution in [-0.4, -0.2) is 20.5 Å². The molecule has 2 heterocycles. The van der Waals surface area contributed by atoms with Crippen molar-refractivity contribution in [2.24, 2.45) is 0 Å². The van der Waals surface area contributed by atoms with Gasteiger partial charge in [-0.3, -0.25) is 4.79 Å². The summed E-state index contributed by atoms with van der Waals surface area (Å²) in [7, 11) is 0. The van der Waals surface area contributed by atoms with Gasteiger partial charge in [0.05, 0.1) is 22.5 Å². The SMILES string of the molecule is Cc1nn(-c2ccccc2)c2nc3c(c(-c4c5ccccc5cc5ccccc45)c12)C(=O)CCC3. The average molecular weight is 454 g/mol. The Hall–Kier alpha value is -4.31. The number of ketones is 1. The van der Waals surface area contributed by atoms with Gasteiger partial charge in [-0.25, -0.2) is 9.67 Å². The van der Waals surface area contributed by atoms with E-state index in [2.05, 4.69) is 54.6 Å². The molecule has 7 rings (SSSR count). The zero-order chi connectivity index (χ0) is 23.5. The fourth-order valence-corrected chi connectivity index (χ4v) is 5.67. The summed E-state index contributed by atoms with van der Waals surface area (Å²) < 4.78 is 1.93. The lowest BCUT2D eigenvalue weighted by Crippen LogP contribution is -2.15. The minimum Gasteiger partial charge on any atom is -0.294 e. The third-order valence-electron chi connectivity index (χ3n) is 7.18. The highest BCUT2D eigenvalue weighted by atomic mass is 16.1. The van der Waals surface area contributed by atoms with Crippen molar-refractivity contribution in [3.63, 3.8) is 0 Å². The Morgan fingerprint density at radius 3 is 2.11 bits per heavy atom. The van der Waals surface area contributed by atoms with Gasteiger partial charge in [-0.15, -0.1) is 0 Å². The number of hydrogen-bond donors (Lipinski definition) is 0. The molecule has 0 unspecified atom stereocenters. The smallest absolute Gasteiger partial charge is 0.165 e. The van der Waals surface area contributed by atoms with E-state index < -0.39 is 0 Å². The third kappa shape index (κ3) is 2.96. The number of fused-ring (bicyclic) bond motifs is 4. The van der Waals surface area contributed by atoms with Gasteiger partial charge in [0.15, 0.2) is 11.4 Å². The summed E-state index contributed by atoms with van der Waals surface area (Å²) in [6.07, 6.45) is 2.19. The van der Waals surface area contributed by atoms with E-state index >= 15 is 0 Å². The first-order valence-corrected chi connectivity index (χ1v) is 12.1. The van der Waals surface area contributed by atoms with Crippen LogP contribution < -0.4 is 0 Å². The number of pyridine rings is 1. The summed E-state index contributed by atoms with van der Waals surface area (Å²) in [6.45, 7) is 2.03. The molecule has 0 saturated carbocycles. The Morgan fingerprint density at radius 2 is 1.40 bits per heavy atom. The normalized spacial score (nSPS) is 13.6. The first-order valence-electron chi connectivity index (χ1n) is 12.1. The van der Waals surface area contributed by atoms with Crippen molar-refractivity contribution in [3.05, 3.63) is 102 Å². The summed E-state index contributed by atoms with van der Waals surface area (Å²) in [5, 5.41) is 10.5. The molecule has 0 aliphatic heterocycles.